The summed E-state index contributed by atoms with van der Waals surface area (Å²) in [6.45, 7) is 1.65. The van der Waals surface area contributed by atoms with Crippen LogP contribution in [0.3, 0.4) is 0 Å². The van der Waals surface area contributed by atoms with Crippen molar-refractivity contribution in [3.05, 3.63) is 0 Å². The van der Waals surface area contributed by atoms with E-state index in [1.54, 1.807) is 0 Å². The first-order valence-electron chi connectivity index (χ1n) is 11.2. The van der Waals surface area contributed by atoms with Gasteiger partial charge in [0.05, 0.1) is 19.8 Å². The minimum absolute atomic E-state index is 0.407. The summed E-state index contributed by atoms with van der Waals surface area (Å²) in [5.41, 5.74) is 4.08. The van der Waals surface area contributed by atoms with E-state index in [0.717, 1.165) is 19.3 Å². The first-order chi connectivity index (χ1) is 13.0. The van der Waals surface area contributed by atoms with Crippen molar-refractivity contribution >= 4 is 5.97 Å². The second kappa shape index (κ2) is 17.4. The number of carbonyl (C=O) groups excluding carboxylic acids is 1. The number of nitrogens with two attached hydrogens (primary N) is 1. The van der Waals surface area contributed by atoms with Crippen molar-refractivity contribution in [1.29, 1.82) is 0 Å². The Balaban J connectivity index is 3.46. The number of carbonyl (C=O) groups is 1. The number of ether oxygens (including phenoxy) is 1. The fraction of sp³-hybridized carbons (Fsp3) is 0.955. The van der Waals surface area contributed by atoms with Crippen LogP contribution in [0.15, 0.2) is 0 Å². The number of aliphatic hydroxyl groups is 2. The third-order valence-electron chi connectivity index (χ3n) is 5.50. The first-order valence-corrected chi connectivity index (χ1v) is 11.2. The lowest BCUT2D eigenvalue weighted by atomic mass is 9.90. The van der Waals surface area contributed by atoms with E-state index in [-0.39, 0.29) is 0 Å². The van der Waals surface area contributed by atoms with E-state index in [1.165, 1.54) is 84.2 Å². The Morgan fingerprint density at radius 1 is 0.852 bits per heavy atom. The molecule has 0 amide bonds. The second-order valence-corrected chi connectivity index (χ2v) is 7.94. The Morgan fingerprint density at radius 2 is 1.22 bits per heavy atom. The number of aliphatic hydroxyl groups excluding tert-OH is 2. The predicted molar refractivity (Wildman–Crippen MR) is 112 cm³/mol. The van der Waals surface area contributed by atoms with E-state index in [1.807, 2.05) is 0 Å². The molecule has 0 bridgehead atoms. The predicted octanol–water partition coefficient (Wildman–Crippen LogP) is 4.47. The maximum atomic E-state index is 11.6. The van der Waals surface area contributed by atoms with E-state index in [0.29, 0.717) is 6.42 Å². The summed E-state index contributed by atoms with van der Waals surface area (Å²) in [5, 5.41) is 19.4. The van der Waals surface area contributed by atoms with Crippen LogP contribution in [-0.4, -0.2) is 41.5 Å². The van der Waals surface area contributed by atoms with Gasteiger partial charge in [0, 0.05) is 0 Å². The molecule has 0 aromatic rings. The van der Waals surface area contributed by atoms with E-state index in [9.17, 15) is 15.0 Å². The molecule has 0 heterocycles. The molecule has 27 heavy (non-hydrogen) atoms. The highest BCUT2D eigenvalue weighted by Gasteiger charge is 2.41. The maximum absolute atomic E-state index is 11.6. The number of methoxy groups -OCH3 is 1. The smallest absolute Gasteiger partial charge is 0.330 e. The van der Waals surface area contributed by atoms with Gasteiger partial charge < -0.3 is 20.7 Å². The minimum Gasteiger partial charge on any atom is -0.468 e. The Kier molecular flexibility index (Phi) is 17.0. The van der Waals surface area contributed by atoms with E-state index in [2.05, 4.69) is 11.7 Å². The van der Waals surface area contributed by atoms with E-state index < -0.39 is 24.2 Å². The van der Waals surface area contributed by atoms with Crippen LogP contribution in [0.5, 0.6) is 0 Å². The lowest BCUT2D eigenvalue weighted by Crippen LogP contribution is -2.60. The standard InChI is InChI=1S/C22H45NO4/c1-3-4-5-6-7-8-9-10-11-12-13-14-15-16-17-18-20(25)22(23,19-24)21(26)27-2/h20,24-25H,3-19,23H2,1-2H3/t20-,22-/m0/s1. The lowest BCUT2D eigenvalue weighted by molar-refractivity contribution is -0.154. The zero-order valence-electron chi connectivity index (χ0n) is 17.9. The van der Waals surface area contributed by atoms with Crippen LogP contribution >= 0.6 is 0 Å². The zero-order valence-corrected chi connectivity index (χ0v) is 17.9. The van der Waals surface area contributed by atoms with Gasteiger partial charge in [0.1, 0.15) is 0 Å². The third-order valence-corrected chi connectivity index (χ3v) is 5.50. The molecule has 4 N–H and O–H groups in total. The maximum Gasteiger partial charge on any atom is 0.330 e. The molecule has 162 valence electrons. The number of hydrogen-bond donors (Lipinski definition) is 3. The molecule has 5 heteroatoms. The summed E-state index contributed by atoms with van der Waals surface area (Å²) in [6.07, 6.45) is 18.5. The van der Waals surface area contributed by atoms with Gasteiger partial charge in [0.2, 0.25) is 0 Å². The van der Waals surface area contributed by atoms with Crippen molar-refractivity contribution in [1.82, 2.24) is 0 Å². The summed E-state index contributed by atoms with van der Waals surface area (Å²) < 4.78 is 4.57. The number of rotatable bonds is 19. The molecule has 0 saturated heterocycles. The molecule has 0 rings (SSSR count). The van der Waals surface area contributed by atoms with Crippen LogP contribution in [0.25, 0.3) is 0 Å². The van der Waals surface area contributed by atoms with Gasteiger partial charge in [-0.25, -0.2) is 4.79 Å². The highest BCUT2D eigenvalue weighted by Crippen LogP contribution is 2.17. The highest BCUT2D eigenvalue weighted by molar-refractivity contribution is 5.81. The van der Waals surface area contributed by atoms with Crippen LogP contribution in [-0.2, 0) is 9.53 Å². The highest BCUT2D eigenvalue weighted by atomic mass is 16.5. The van der Waals surface area contributed by atoms with Gasteiger partial charge in [-0.05, 0) is 6.42 Å². The summed E-state index contributed by atoms with van der Waals surface area (Å²) in [7, 11) is 1.21. The largest absolute Gasteiger partial charge is 0.468 e. The minimum atomic E-state index is -1.70. The summed E-state index contributed by atoms with van der Waals surface area (Å²) in [4.78, 5) is 11.6. The van der Waals surface area contributed by atoms with Crippen molar-refractivity contribution in [2.75, 3.05) is 13.7 Å². The summed E-state index contributed by atoms with van der Waals surface area (Å²) >= 11 is 0. The topological polar surface area (TPSA) is 92.8 Å². The van der Waals surface area contributed by atoms with Crippen molar-refractivity contribution in [2.45, 2.75) is 121 Å². The average Bonchev–Trinajstić information content (AvgIpc) is 2.69. The van der Waals surface area contributed by atoms with Gasteiger partial charge in [0.25, 0.3) is 0 Å². The molecule has 5 nitrogen and oxygen atoms in total. The van der Waals surface area contributed by atoms with Gasteiger partial charge in [0.15, 0.2) is 5.54 Å². The van der Waals surface area contributed by atoms with Gasteiger partial charge in [-0.15, -0.1) is 0 Å². The van der Waals surface area contributed by atoms with Gasteiger partial charge in [-0.3, -0.25) is 0 Å². The number of unbranched alkanes of at least 4 members (excludes halogenated alkanes) is 14. The molecule has 0 aliphatic heterocycles. The molecule has 0 radical (unpaired) electrons. The third kappa shape index (κ3) is 12.4. The Bertz CT molecular complexity index is 351. The SMILES string of the molecule is CCCCCCCCCCCCCCCCC[C@H](O)[C@@](N)(CO)C(=O)OC. The molecule has 0 aliphatic carbocycles. The van der Waals surface area contributed by atoms with Crippen LogP contribution in [0.4, 0.5) is 0 Å². The van der Waals surface area contributed by atoms with Gasteiger partial charge in [-0.2, -0.15) is 0 Å². The molecule has 0 unspecified atom stereocenters. The van der Waals surface area contributed by atoms with Gasteiger partial charge in [-0.1, -0.05) is 103 Å². The molecule has 0 saturated carbocycles. The molecule has 0 aliphatic rings. The number of hydrogen-bond acceptors (Lipinski definition) is 5. The van der Waals surface area contributed by atoms with Crippen LogP contribution in [0.2, 0.25) is 0 Å². The molecular formula is C22H45NO4. The summed E-state index contributed by atoms with van der Waals surface area (Å²) in [5.74, 6) is -0.765. The van der Waals surface area contributed by atoms with Crippen molar-refractivity contribution in [3.63, 3.8) is 0 Å². The van der Waals surface area contributed by atoms with Crippen molar-refractivity contribution in [2.24, 2.45) is 5.73 Å². The second-order valence-electron chi connectivity index (χ2n) is 7.94. The Hall–Kier alpha value is -0.650. The fourth-order valence-electron chi connectivity index (χ4n) is 3.46. The van der Waals surface area contributed by atoms with Crippen LogP contribution in [0.1, 0.15) is 110 Å². The Labute approximate surface area is 167 Å². The first kappa shape index (κ1) is 26.4. The quantitative estimate of drug-likeness (QED) is 0.225. The zero-order chi connectivity index (χ0) is 20.4. The van der Waals surface area contributed by atoms with Crippen molar-refractivity contribution < 1.29 is 19.7 Å². The summed E-state index contributed by atoms with van der Waals surface area (Å²) in [6, 6.07) is 0. The fourth-order valence-corrected chi connectivity index (χ4v) is 3.46. The van der Waals surface area contributed by atoms with Crippen LogP contribution in [0, 0.1) is 0 Å². The molecular weight excluding hydrogens is 342 g/mol. The average molecular weight is 388 g/mol. The van der Waals surface area contributed by atoms with E-state index >= 15 is 0 Å². The van der Waals surface area contributed by atoms with Gasteiger partial charge >= 0.3 is 5.97 Å². The van der Waals surface area contributed by atoms with Crippen LogP contribution < -0.4 is 5.73 Å². The lowest BCUT2D eigenvalue weighted by Gasteiger charge is -2.29. The van der Waals surface area contributed by atoms with Crippen molar-refractivity contribution in [3.8, 4) is 0 Å². The molecule has 0 spiro atoms. The molecule has 0 aromatic carbocycles. The number of esters is 1. The molecule has 0 fully saturated rings. The Morgan fingerprint density at radius 3 is 1.56 bits per heavy atom. The monoisotopic (exact) mass is 387 g/mol. The normalized spacial score (nSPS) is 14.7. The molecule has 0 aromatic heterocycles. The van der Waals surface area contributed by atoms with E-state index in [4.69, 9.17) is 5.73 Å². The molecule has 2 atom stereocenters.